The van der Waals surface area contributed by atoms with Crippen LogP contribution in [0.1, 0.15) is 28.0 Å². The number of likely N-dealkylation sites (N-methyl/N-ethyl adjacent to an activating group) is 1. The lowest BCUT2D eigenvalue weighted by molar-refractivity contribution is -0.129. The summed E-state index contributed by atoms with van der Waals surface area (Å²) >= 11 is 1.36. The summed E-state index contributed by atoms with van der Waals surface area (Å²) in [6, 6.07) is 11.2. The second kappa shape index (κ2) is 7.40. The van der Waals surface area contributed by atoms with Crippen molar-refractivity contribution < 1.29 is 14.0 Å². The van der Waals surface area contributed by atoms with Gasteiger partial charge in [0.15, 0.2) is 5.78 Å². The molecule has 128 valence electrons. The fourth-order valence-corrected chi connectivity index (χ4v) is 3.08. The smallest absolute Gasteiger partial charge is 0.247 e. The van der Waals surface area contributed by atoms with Crippen LogP contribution in [0.5, 0.6) is 0 Å². The second-order valence-corrected chi connectivity index (χ2v) is 6.58. The van der Waals surface area contributed by atoms with Crippen molar-refractivity contribution in [3.63, 3.8) is 0 Å². The van der Waals surface area contributed by atoms with Gasteiger partial charge in [0.05, 0.1) is 17.8 Å². The molecule has 0 aliphatic heterocycles. The zero-order valence-corrected chi connectivity index (χ0v) is 14.7. The number of carbonyl (C=O) groups excluding carboxylic acids is 2. The molecule has 3 aromatic rings. The Balaban J connectivity index is 1.61. The van der Waals surface area contributed by atoms with E-state index in [0.29, 0.717) is 16.7 Å². The second-order valence-electron chi connectivity index (χ2n) is 5.67. The highest BCUT2D eigenvalue weighted by molar-refractivity contribution is 7.12. The van der Waals surface area contributed by atoms with E-state index in [1.165, 1.54) is 23.2 Å². The summed E-state index contributed by atoms with van der Waals surface area (Å²) < 4.78 is 5.62. The number of thiophene rings is 1. The maximum absolute atomic E-state index is 12.3. The lowest BCUT2D eigenvalue weighted by atomic mass is 10.2. The van der Waals surface area contributed by atoms with Gasteiger partial charge in [0.2, 0.25) is 17.7 Å². The molecule has 6 nitrogen and oxygen atoms in total. The third kappa shape index (κ3) is 4.19. The topological polar surface area (TPSA) is 76.3 Å². The van der Waals surface area contributed by atoms with Gasteiger partial charge in [0.1, 0.15) is 0 Å². The number of amides is 1. The van der Waals surface area contributed by atoms with Gasteiger partial charge in [-0.3, -0.25) is 9.59 Å². The highest BCUT2D eigenvalue weighted by Gasteiger charge is 2.16. The maximum atomic E-state index is 12.3. The van der Waals surface area contributed by atoms with Crippen LogP contribution in [-0.2, 0) is 17.8 Å². The van der Waals surface area contributed by atoms with Crippen LogP contribution in [0.4, 0.5) is 0 Å². The van der Waals surface area contributed by atoms with E-state index < -0.39 is 0 Å². The largest absolute Gasteiger partial charge is 0.419 e. The quantitative estimate of drug-likeness (QED) is 0.635. The van der Waals surface area contributed by atoms with Gasteiger partial charge in [-0.1, -0.05) is 18.2 Å². The van der Waals surface area contributed by atoms with Gasteiger partial charge in [-0.25, -0.2) is 0 Å². The Labute approximate surface area is 149 Å². The summed E-state index contributed by atoms with van der Waals surface area (Å²) in [4.78, 5) is 25.9. The van der Waals surface area contributed by atoms with Crippen LogP contribution in [-0.4, -0.2) is 33.8 Å². The van der Waals surface area contributed by atoms with Crippen LogP contribution in [0.15, 0.2) is 46.2 Å². The molecule has 0 atom stereocenters. The lowest BCUT2D eigenvalue weighted by Gasteiger charge is -2.14. The van der Waals surface area contributed by atoms with Gasteiger partial charge in [0, 0.05) is 12.6 Å². The first-order valence-corrected chi connectivity index (χ1v) is 8.61. The number of Topliss-reactive ketones (excluding diaryl/α,β-unsaturated/α-hetero) is 1. The molecule has 1 amide bonds. The number of benzene rings is 1. The van der Waals surface area contributed by atoms with E-state index in [1.54, 1.807) is 13.1 Å². The van der Waals surface area contributed by atoms with Gasteiger partial charge in [0.25, 0.3) is 0 Å². The Morgan fingerprint density at radius 3 is 2.64 bits per heavy atom. The molecular weight excluding hydrogens is 338 g/mol. The molecular formula is C18H17N3O3S. The monoisotopic (exact) mass is 355 g/mol. The molecule has 0 radical (unpaired) electrons. The van der Waals surface area contributed by atoms with Crippen molar-refractivity contribution >= 4 is 23.0 Å². The van der Waals surface area contributed by atoms with Crippen LogP contribution in [0.2, 0.25) is 0 Å². The highest BCUT2D eigenvalue weighted by atomic mass is 32.1. The van der Waals surface area contributed by atoms with E-state index in [9.17, 15) is 9.59 Å². The predicted octanol–water partition coefficient (Wildman–Crippen LogP) is 3.20. The summed E-state index contributed by atoms with van der Waals surface area (Å²) in [5, 5.41) is 9.85. The van der Waals surface area contributed by atoms with Crippen molar-refractivity contribution in [2.45, 2.75) is 19.9 Å². The zero-order chi connectivity index (χ0) is 17.8. The van der Waals surface area contributed by atoms with Gasteiger partial charge in [-0.05, 0) is 36.1 Å². The average molecular weight is 355 g/mol. The molecule has 7 heteroatoms. The summed E-state index contributed by atoms with van der Waals surface area (Å²) in [6.07, 6.45) is 0.236. The number of hydrogen-bond acceptors (Lipinski definition) is 6. The van der Waals surface area contributed by atoms with E-state index in [4.69, 9.17) is 4.42 Å². The fourth-order valence-electron chi connectivity index (χ4n) is 2.27. The number of nitrogens with zero attached hydrogens (tertiary/aromatic N) is 3. The van der Waals surface area contributed by atoms with Crippen molar-refractivity contribution in [1.82, 2.24) is 15.1 Å². The molecule has 2 heterocycles. The van der Waals surface area contributed by atoms with E-state index >= 15 is 0 Å². The van der Waals surface area contributed by atoms with Crippen LogP contribution < -0.4 is 0 Å². The Morgan fingerprint density at radius 2 is 1.96 bits per heavy atom. The maximum Gasteiger partial charge on any atom is 0.247 e. The molecule has 25 heavy (non-hydrogen) atoms. The fraction of sp³-hybridized carbons (Fsp3) is 0.222. The first-order chi connectivity index (χ1) is 12.0. The molecule has 2 aromatic heterocycles. The first-order valence-electron chi connectivity index (χ1n) is 7.73. The van der Waals surface area contributed by atoms with Crippen LogP contribution >= 0.6 is 11.3 Å². The number of hydrogen-bond donors (Lipinski definition) is 0. The van der Waals surface area contributed by atoms with Crippen molar-refractivity contribution in [2.75, 3.05) is 7.05 Å². The van der Waals surface area contributed by atoms with Gasteiger partial charge >= 0.3 is 0 Å². The van der Waals surface area contributed by atoms with Gasteiger partial charge < -0.3 is 9.32 Å². The molecule has 0 saturated carbocycles. The van der Waals surface area contributed by atoms with E-state index in [0.717, 1.165) is 11.1 Å². The highest BCUT2D eigenvalue weighted by Crippen LogP contribution is 2.19. The molecule has 0 saturated heterocycles. The van der Waals surface area contributed by atoms with E-state index in [-0.39, 0.29) is 24.7 Å². The third-order valence-corrected chi connectivity index (χ3v) is 4.72. The van der Waals surface area contributed by atoms with Crippen molar-refractivity contribution in [3.05, 3.63) is 58.1 Å². The van der Waals surface area contributed by atoms with Crippen molar-refractivity contribution in [3.8, 4) is 11.5 Å². The van der Waals surface area contributed by atoms with Crippen molar-refractivity contribution in [2.24, 2.45) is 0 Å². The summed E-state index contributed by atoms with van der Waals surface area (Å²) in [5.41, 5.74) is 1.67. The molecule has 0 N–H and O–H groups in total. The van der Waals surface area contributed by atoms with Crippen molar-refractivity contribution in [1.29, 1.82) is 0 Å². The summed E-state index contributed by atoms with van der Waals surface area (Å²) in [6.45, 7) is 1.76. The number of rotatable bonds is 6. The van der Waals surface area contributed by atoms with Crippen LogP contribution in [0.3, 0.4) is 0 Å². The standard InChI is InChI=1S/C18H17N3O3S/c1-12(22)15-8-13(11-25-15)9-17(23)21(2)10-16-19-20-18(24-16)14-6-4-3-5-7-14/h3-8,11H,9-10H2,1-2H3. The Hall–Kier alpha value is -2.80. The molecule has 0 spiro atoms. The van der Waals surface area contributed by atoms with E-state index in [1.807, 2.05) is 35.7 Å². The molecule has 0 unspecified atom stereocenters. The molecule has 0 bridgehead atoms. The molecule has 3 rings (SSSR count). The molecule has 0 aliphatic carbocycles. The van der Waals surface area contributed by atoms with Gasteiger partial charge in [-0.2, -0.15) is 0 Å². The lowest BCUT2D eigenvalue weighted by Crippen LogP contribution is -2.27. The van der Waals surface area contributed by atoms with Gasteiger partial charge in [-0.15, -0.1) is 21.5 Å². The van der Waals surface area contributed by atoms with Crippen LogP contribution in [0.25, 0.3) is 11.5 Å². The van der Waals surface area contributed by atoms with Crippen LogP contribution in [0, 0.1) is 0 Å². The minimum atomic E-state index is -0.0765. The van der Waals surface area contributed by atoms with E-state index in [2.05, 4.69) is 10.2 Å². The Kier molecular flexibility index (Phi) is 5.04. The molecule has 0 fully saturated rings. The number of aromatic nitrogens is 2. The number of ketones is 1. The number of carbonyl (C=O) groups is 2. The predicted molar refractivity (Wildman–Crippen MR) is 94.2 cm³/mol. The summed E-state index contributed by atoms with van der Waals surface area (Å²) in [7, 11) is 1.69. The Morgan fingerprint density at radius 1 is 1.20 bits per heavy atom. The third-order valence-electron chi connectivity index (χ3n) is 3.64. The molecule has 1 aromatic carbocycles. The zero-order valence-electron chi connectivity index (χ0n) is 13.9. The normalized spacial score (nSPS) is 10.6. The summed E-state index contributed by atoms with van der Waals surface area (Å²) in [5.74, 6) is 0.744. The first kappa shape index (κ1) is 17.0. The minimum Gasteiger partial charge on any atom is -0.419 e. The minimum absolute atomic E-state index is 0.0105. The Bertz CT molecular complexity index is 886. The molecule has 0 aliphatic rings. The SMILES string of the molecule is CC(=O)c1cc(CC(=O)N(C)Cc2nnc(-c3ccccc3)o2)cs1. The average Bonchev–Trinajstić information content (AvgIpc) is 3.25.